The van der Waals surface area contributed by atoms with Crippen LogP contribution in [0.25, 0.3) is 4.98 Å². The second-order valence-electron chi connectivity index (χ2n) is 1.94. The fourth-order valence-corrected chi connectivity index (χ4v) is 0.690. The molecule has 0 saturated carbocycles. The summed E-state index contributed by atoms with van der Waals surface area (Å²) in [5, 5.41) is 8.29. The van der Waals surface area contributed by atoms with Crippen LogP contribution in [-0.2, 0) is 0 Å². The van der Waals surface area contributed by atoms with E-state index in [1.165, 1.54) is 0 Å². The molecule has 0 atom stereocenters. The summed E-state index contributed by atoms with van der Waals surface area (Å²) in [5.74, 6) is 0. The molecule has 0 aromatic heterocycles. The fourth-order valence-electron chi connectivity index (χ4n) is 0.690. The SMILES string of the molecule is Cc1cccc([N+]#N)c1. The van der Waals surface area contributed by atoms with Gasteiger partial charge in [0.15, 0.2) is 4.98 Å². The van der Waals surface area contributed by atoms with Crippen molar-refractivity contribution in [3.8, 4) is 0 Å². The van der Waals surface area contributed by atoms with Gasteiger partial charge in [0.1, 0.15) is 0 Å². The van der Waals surface area contributed by atoms with Crippen molar-refractivity contribution in [2.24, 2.45) is 0 Å². The predicted molar refractivity (Wildman–Crippen MR) is 35.9 cm³/mol. The summed E-state index contributed by atoms with van der Waals surface area (Å²) < 4.78 is 0. The third-order valence-electron chi connectivity index (χ3n) is 1.12. The normalized spacial score (nSPS) is 8.44. The Bertz CT molecular complexity index is 247. The largest absolute Gasteiger partial charge is 0.385 e. The van der Waals surface area contributed by atoms with Crippen molar-refractivity contribution in [2.75, 3.05) is 0 Å². The Morgan fingerprint density at radius 3 is 2.67 bits per heavy atom. The molecule has 0 bridgehead atoms. The van der Waals surface area contributed by atoms with Crippen LogP contribution < -0.4 is 0 Å². The van der Waals surface area contributed by atoms with Crippen molar-refractivity contribution < 1.29 is 0 Å². The van der Waals surface area contributed by atoms with Gasteiger partial charge in [-0.25, -0.2) is 0 Å². The Morgan fingerprint density at radius 1 is 1.44 bits per heavy atom. The van der Waals surface area contributed by atoms with E-state index in [9.17, 15) is 0 Å². The zero-order chi connectivity index (χ0) is 6.69. The Kier molecular flexibility index (Phi) is 1.46. The Morgan fingerprint density at radius 2 is 2.22 bits per heavy atom. The van der Waals surface area contributed by atoms with Crippen molar-refractivity contribution >= 4 is 5.69 Å². The van der Waals surface area contributed by atoms with Gasteiger partial charge in [0, 0.05) is 12.1 Å². The van der Waals surface area contributed by atoms with Gasteiger partial charge in [-0.2, -0.15) is 0 Å². The minimum atomic E-state index is 0.606. The molecular formula is C7H7N2+. The molecule has 0 saturated heterocycles. The van der Waals surface area contributed by atoms with Crippen LogP contribution in [0.15, 0.2) is 24.3 Å². The number of hydrogen-bond donors (Lipinski definition) is 0. The molecule has 1 aromatic rings. The molecule has 0 N–H and O–H groups in total. The van der Waals surface area contributed by atoms with Crippen LogP contribution in [0.5, 0.6) is 0 Å². The maximum absolute atomic E-state index is 8.29. The van der Waals surface area contributed by atoms with Gasteiger partial charge in [0.25, 0.3) is 0 Å². The van der Waals surface area contributed by atoms with E-state index < -0.39 is 0 Å². The molecule has 0 unspecified atom stereocenters. The van der Waals surface area contributed by atoms with E-state index in [0.717, 1.165) is 5.56 Å². The summed E-state index contributed by atoms with van der Waals surface area (Å²) in [6, 6.07) is 7.35. The number of benzene rings is 1. The predicted octanol–water partition coefficient (Wildman–Crippen LogP) is 2.48. The highest BCUT2D eigenvalue weighted by Crippen LogP contribution is 2.11. The lowest BCUT2D eigenvalue weighted by Crippen LogP contribution is -1.65. The molecule has 44 valence electrons. The maximum Gasteiger partial charge on any atom is 0.385 e. The first kappa shape index (κ1) is 5.77. The molecule has 9 heavy (non-hydrogen) atoms. The smallest absolute Gasteiger partial charge is 0.0587 e. The molecule has 0 amide bonds. The number of diazo groups is 1. The van der Waals surface area contributed by atoms with E-state index in [0.29, 0.717) is 5.69 Å². The second kappa shape index (κ2) is 2.27. The minimum absolute atomic E-state index is 0.606. The Labute approximate surface area is 53.8 Å². The van der Waals surface area contributed by atoms with Gasteiger partial charge in [-0.15, -0.1) is 0 Å². The van der Waals surface area contributed by atoms with Crippen LogP contribution in [-0.4, -0.2) is 0 Å². The summed E-state index contributed by atoms with van der Waals surface area (Å²) in [6.45, 7) is 1.95. The van der Waals surface area contributed by atoms with E-state index >= 15 is 0 Å². The van der Waals surface area contributed by atoms with E-state index in [4.69, 9.17) is 5.39 Å². The van der Waals surface area contributed by atoms with Gasteiger partial charge in [-0.05, 0) is 12.5 Å². The summed E-state index contributed by atoms with van der Waals surface area (Å²) in [6.07, 6.45) is 0. The van der Waals surface area contributed by atoms with Crippen LogP contribution in [0.3, 0.4) is 0 Å². The number of nitrogens with zero attached hydrogens (tertiary/aromatic N) is 2. The standard InChI is InChI=1S/C7H7N2/c1-6-3-2-4-7(5-6)9-8/h2-5H,1H3/q+1. The van der Waals surface area contributed by atoms with Crippen molar-refractivity contribution in [2.45, 2.75) is 6.92 Å². The van der Waals surface area contributed by atoms with Crippen molar-refractivity contribution in [3.63, 3.8) is 0 Å². The average Bonchev–Trinajstić information content (AvgIpc) is 1.88. The first-order valence-electron chi connectivity index (χ1n) is 2.74. The number of aryl methyl sites for hydroxylation is 1. The first-order chi connectivity index (χ1) is 4.33. The van der Waals surface area contributed by atoms with Gasteiger partial charge < -0.3 is 0 Å². The molecule has 0 radical (unpaired) electrons. The summed E-state index contributed by atoms with van der Waals surface area (Å²) >= 11 is 0. The van der Waals surface area contributed by atoms with Gasteiger partial charge in [0.2, 0.25) is 5.39 Å². The lowest BCUT2D eigenvalue weighted by molar-refractivity contribution is 1.43. The Hall–Kier alpha value is -1.36. The first-order valence-corrected chi connectivity index (χ1v) is 2.74. The molecule has 2 nitrogen and oxygen atoms in total. The van der Waals surface area contributed by atoms with Gasteiger partial charge in [-0.3, -0.25) is 0 Å². The van der Waals surface area contributed by atoms with Gasteiger partial charge in [0.05, 0.1) is 0 Å². The number of hydrogen-bond acceptors (Lipinski definition) is 1. The summed E-state index contributed by atoms with van der Waals surface area (Å²) in [5.41, 5.74) is 1.71. The molecule has 0 spiro atoms. The highest BCUT2D eigenvalue weighted by Gasteiger charge is 1.99. The third kappa shape index (κ3) is 1.26. The topological polar surface area (TPSA) is 28.1 Å². The zero-order valence-electron chi connectivity index (χ0n) is 5.20. The molecule has 2 heteroatoms. The lowest BCUT2D eigenvalue weighted by Gasteiger charge is -1.81. The maximum atomic E-state index is 8.29. The van der Waals surface area contributed by atoms with Crippen molar-refractivity contribution in [1.29, 1.82) is 5.39 Å². The monoisotopic (exact) mass is 119 g/mol. The van der Waals surface area contributed by atoms with Crippen molar-refractivity contribution in [1.82, 2.24) is 0 Å². The molecule has 0 heterocycles. The molecule has 0 aliphatic rings. The van der Waals surface area contributed by atoms with E-state index in [2.05, 4.69) is 4.98 Å². The molecule has 1 rings (SSSR count). The summed E-state index contributed by atoms with van der Waals surface area (Å²) in [7, 11) is 0. The molecular weight excluding hydrogens is 112 g/mol. The fraction of sp³-hybridized carbons (Fsp3) is 0.143. The highest BCUT2D eigenvalue weighted by molar-refractivity contribution is 5.45. The minimum Gasteiger partial charge on any atom is -0.0587 e. The lowest BCUT2D eigenvalue weighted by atomic mass is 10.2. The molecule has 0 aliphatic carbocycles. The van der Waals surface area contributed by atoms with Crippen LogP contribution in [0, 0.1) is 12.3 Å². The quantitative estimate of drug-likeness (QED) is 0.482. The third-order valence-corrected chi connectivity index (χ3v) is 1.12. The van der Waals surface area contributed by atoms with Gasteiger partial charge in [-0.1, -0.05) is 12.1 Å². The van der Waals surface area contributed by atoms with E-state index in [-0.39, 0.29) is 0 Å². The van der Waals surface area contributed by atoms with Crippen LogP contribution in [0.2, 0.25) is 0 Å². The molecule has 0 fully saturated rings. The zero-order valence-corrected chi connectivity index (χ0v) is 5.20. The Balaban J connectivity index is 3.12. The van der Waals surface area contributed by atoms with Crippen LogP contribution >= 0.6 is 0 Å². The number of rotatable bonds is 0. The average molecular weight is 119 g/mol. The summed E-state index contributed by atoms with van der Waals surface area (Å²) in [4.78, 5) is 3.03. The molecule has 0 aliphatic heterocycles. The van der Waals surface area contributed by atoms with Crippen LogP contribution in [0.1, 0.15) is 5.56 Å². The second-order valence-corrected chi connectivity index (χ2v) is 1.94. The highest BCUT2D eigenvalue weighted by atomic mass is 14.8. The van der Waals surface area contributed by atoms with E-state index in [1.807, 2.05) is 19.1 Å². The molecule has 1 aromatic carbocycles. The van der Waals surface area contributed by atoms with Crippen LogP contribution in [0.4, 0.5) is 5.69 Å². The van der Waals surface area contributed by atoms with Gasteiger partial charge >= 0.3 is 5.69 Å². The van der Waals surface area contributed by atoms with Crippen molar-refractivity contribution in [3.05, 3.63) is 34.8 Å². The van der Waals surface area contributed by atoms with E-state index in [1.54, 1.807) is 12.1 Å².